The summed E-state index contributed by atoms with van der Waals surface area (Å²) in [4.78, 5) is 12.0. The number of benzene rings is 1. The predicted octanol–water partition coefficient (Wildman–Crippen LogP) is 2.77. The monoisotopic (exact) mass is 336 g/mol. The summed E-state index contributed by atoms with van der Waals surface area (Å²) >= 11 is 0. The molecule has 0 spiro atoms. The van der Waals surface area contributed by atoms with Gasteiger partial charge in [-0.15, -0.1) is 0 Å². The fourth-order valence-corrected chi connectivity index (χ4v) is 2.71. The molecule has 0 aromatic heterocycles. The Morgan fingerprint density at radius 1 is 1.17 bits per heavy atom. The molecule has 1 aliphatic rings. The Morgan fingerprint density at radius 2 is 1.67 bits per heavy atom. The van der Waals surface area contributed by atoms with Gasteiger partial charge >= 0.3 is 13.1 Å². The molecule has 1 heterocycles. The molecule has 1 aromatic carbocycles. The van der Waals surface area contributed by atoms with Crippen LogP contribution in [0.5, 0.6) is 11.5 Å². The van der Waals surface area contributed by atoms with Crippen molar-refractivity contribution in [2.75, 3.05) is 6.61 Å². The summed E-state index contributed by atoms with van der Waals surface area (Å²) in [5, 5.41) is 20.4. The summed E-state index contributed by atoms with van der Waals surface area (Å²) in [7, 11) is -0.793. The first-order chi connectivity index (χ1) is 11.1. The molecule has 6 nitrogen and oxygen atoms in total. The van der Waals surface area contributed by atoms with E-state index in [4.69, 9.17) is 14.0 Å². The summed E-state index contributed by atoms with van der Waals surface area (Å²) in [5.74, 6) is -1.36. The highest BCUT2D eigenvalue weighted by Gasteiger charge is 2.55. The van der Waals surface area contributed by atoms with Crippen molar-refractivity contribution in [2.24, 2.45) is 0 Å². The first kappa shape index (κ1) is 18.6. The quantitative estimate of drug-likeness (QED) is 0.635. The molecule has 1 saturated heterocycles. The Balaban J connectivity index is 2.40. The molecular formula is C17H25BO6. The lowest BCUT2D eigenvalue weighted by Crippen LogP contribution is -2.41. The Morgan fingerprint density at radius 3 is 2.12 bits per heavy atom. The number of esters is 1. The first-order valence-corrected chi connectivity index (χ1v) is 8.11. The van der Waals surface area contributed by atoms with Crippen LogP contribution in [0.3, 0.4) is 0 Å². The SMILES string of the molecule is CCOC(=O)CC(B1OC(C)(C)C(C)(C)O1)c1c(O)cccc1O. The smallest absolute Gasteiger partial charge is 0.466 e. The Bertz CT molecular complexity index is 577. The number of aromatic hydroxyl groups is 2. The van der Waals surface area contributed by atoms with Gasteiger partial charge in [0.25, 0.3) is 0 Å². The van der Waals surface area contributed by atoms with Crippen LogP contribution in [0.25, 0.3) is 0 Å². The van der Waals surface area contributed by atoms with Crippen LogP contribution in [0.4, 0.5) is 0 Å². The van der Waals surface area contributed by atoms with Gasteiger partial charge in [-0.05, 0) is 46.8 Å². The molecule has 0 radical (unpaired) electrons. The van der Waals surface area contributed by atoms with Gasteiger partial charge in [-0.2, -0.15) is 0 Å². The van der Waals surface area contributed by atoms with E-state index in [0.717, 1.165) is 0 Å². The maximum absolute atomic E-state index is 12.0. The molecule has 1 atom stereocenters. The maximum atomic E-state index is 12.0. The Labute approximate surface area is 142 Å². The van der Waals surface area contributed by atoms with E-state index in [1.807, 2.05) is 27.7 Å². The van der Waals surface area contributed by atoms with Crippen molar-refractivity contribution in [1.29, 1.82) is 0 Å². The van der Waals surface area contributed by atoms with Gasteiger partial charge in [-0.25, -0.2) is 0 Å². The van der Waals surface area contributed by atoms with Crippen LogP contribution in [0.1, 0.15) is 52.4 Å². The summed E-state index contributed by atoms with van der Waals surface area (Å²) in [5.41, 5.74) is -0.959. The van der Waals surface area contributed by atoms with Crippen molar-refractivity contribution in [3.8, 4) is 11.5 Å². The van der Waals surface area contributed by atoms with Crippen molar-refractivity contribution in [3.05, 3.63) is 23.8 Å². The molecule has 1 unspecified atom stereocenters. The molecule has 7 heteroatoms. The zero-order valence-corrected chi connectivity index (χ0v) is 14.8. The largest absolute Gasteiger partial charge is 0.508 e. The third-order valence-corrected chi connectivity index (χ3v) is 4.72. The van der Waals surface area contributed by atoms with E-state index in [2.05, 4.69) is 0 Å². The van der Waals surface area contributed by atoms with Crippen molar-refractivity contribution >= 4 is 13.1 Å². The third kappa shape index (κ3) is 3.52. The van der Waals surface area contributed by atoms with E-state index < -0.39 is 30.1 Å². The van der Waals surface area contributed by atoms with Crippen molar-refractivity contribution in [2.45, 2.75) is 58.1 Å². The van der Waals surface area contributed by atoms with E-state index in [-0.39, 0.29) is 30.1 Å². The highest BCUT2D eigenvalue weighted by Crippen LogP contribution is 2.45. The van der Waals surface area contributed by atoms with Gasteiger partial charge in [-0.3, -0.25) is 4.79 Å². The van der Waals surface area contributed by atoms with Crippen LogP contribution in [-0.4, -0.2) is 41.1 Å². The van der Waals surface area contributed by atoms with E-state index >= 15 is 0 Å². The minimum absolute atomic E-state index is 0.0736. The fourth-order valence-electron chi connectivity index (χ4n) is 2.71. The normalized spacial score (nSPS) is 20.0. The standard InChI is InChI=1S/C17H25BO6/c1-6-22-14(21)10-11(15-12(19)8-7-9-13(15)20)18-23-16(2,3)17(4,5)24-18/h7-9,11,19-20H,6,10H2,1-5H3. The third-order valence-electron chi connectivity index (χ3n) is 4.72. The average molecular weight is 336 g/mol. The number of phenols is 2. The molecule has 0 aliphatic carbocycles. The van der Waals surface area contributed by atoms with E-state index in [1.165, 1.54) is 18.2 Å². The molecule has 1 aromatic rings. The van der Waals surface area contributed by atoms with Crippen LogP contribution in [0, 0.1) is 0 Å². The lowest BCUT2D eigenvalue weighted by molar-refractivity contribution is -0.143. The predicted molar refractivity (Wildman–Crippen MR) is 89.8 cm³/mol. The molecule has 132 valence electrons. The second-order valence-corrected chi connectivity index (χ2v) is 6.95. The zero-order valence-electron chi connectivity index (χ0n) is 14.8. The van der Waals surface area contributed by atoms with Gasteiger partial charge in [0.2, 0.25) is 0 Å². The second-order valence-electron chi connectivity index (χ2n) is 6.95. The van der Waals surface area contributed by atoms with Crippen LogP contribution < -0.4 is 0 Å². The molecule has 24 heavy (non-hydrogen) atoms. The summed E-state index contributed by atoms with van der Waals surface area (Å²) in [6.07, 6.45) is -0.0736. The van der Waals surface area contributed by atoms with Gasteiger partial charge in [0, 0.05) is 11.4 Å². The lowest BCUT2D eigenvalue weighted by Gasteiger charge is -2.32. The molecule has 0 saturated carbocycles. The number of phenolic OH excluding ortho intramolecular Hbond substituents is 2. The van der Waals surface area contributed by atoms with Gasteiger partial charge < -0.3 is 24.3 Å². The van der Waals surface area contributed by atoms with Crippen LogP contribution in [-0.2, 0) is 18.8 Å². The topological polar surface area (TPSA) is 85.2 Å². The molecular weight excluding hydrogens is 311 g/mol. The van der Waals surface area contributed by atoms with E-state index in [9.17, 15) is 15.0 Å². The summed E-state index contributed by atoms with van der Waals surface area (Å²) < 4.78 is 17.1. The molecule has 1 fully saturated rings. The summed E-state index contributed by atoms with van der Waals surface area (Å²) in [6, 6.07) is 4.44. The van der Waals surface area contributed by atoms with Crippen LogP contribution >= 0.6 is 0 Å². The zero-order chi connectivity index (χ0) is 18.1. The highest BCUT2D eigenvalue weighted by atomic mass is 16.7. The van der Waals surface area contributed by atoms with Crippen LogP contribution in [0.2, 0.25) is 0 Å². The number of ether oxygens (including phenoxy) is 1. The molecule has 1 aliphatic heterocycles. The van der Waals surface area contributed by atoms with Crippen molar-refractivity contribution < 1.29 is 29.1 Å². The van der Waals surface area contributed by atoms with Crippen molar-refractivity contribution in [1.82, 2.24) is 0 Å². The fraction of sp³-hybridized carbons (Fsp3) is 0.588. The van der Waals surface area contributed by atoms with Gasteiger partial charge in [0.15, 0.2) is 0 Å². The number of rotatable bonds is 5. The van der Waals surface area contributed by atoms with Crippen LogP contribution in [0.15, 0.2) is 18.2 Å². The minimum Gasteiger partial charge on any atom is -0.508 e. The van der Waals surface area contributed by atoms with E-state index in [0.29, 0.717) is 0 Å². The van der Waals surface area contributed by atoms with E-state index in [1.54, 1.807) is 6.92 Å². The number of carbonyl (C=O) groups excluding carboxylic acids is 1. The number of hydrogen-bond donors (Lipinski definition) is 2. The Kier molecular flexibility index (Phi) is 5.15. The molecule has 0 bridgehead atoms. The van der Waals surface area contributed by atoms with Gasteiger partial charge in [0.05, 0.1) is 24.2 Å². The lowest BCUT2D eigenvalue weighted by atomic mass is 9.65. The average Bonchev–Trinajstić information content (AvgIpc) is 2.66. The Hall–Kier alpha value is -1.73. The first-order valence-electron chi connectivity index (χ1n) is 8.11. The summed E-state index contributed by atoms with van der Waals surface area (Å²) in [6.45, 7) is 9.58. The second kappa shape index (κ2) is 6.65. The van der Waals surface area contributed by atoms with Crippen molar-refractivity contribution in [3.63, 3.8) is 0 Å². The molecule has 2 N–H and O–H groups in total. The van der Waals surface area contributed by atoms with Gasteiger partial charge in [-0.1, -0.05) is 6.07 Å². The maximum Gasteiger partial charge on any atom is 0.466 e. The number of carbonyl (C=O) groups is 1. The molecule has 0 amide bonds. The number of hydrogen-bond acceptors (Lipinski definition) is 6. The van der Waals surface area contributed by atoms with Gasteiger partial charge in [0.1, 0.15) is 11.5 Å². The highest BCUT2D eigenvalue weighted by molar-refractivity contribution is 6.48. The molecule has 2 rings (SSSR count). The minimum atomic E-state index is -0.793.